The van der Waals surface area contributed by atoms with Gasteiger partial charge in [-0.15, -0.1) is 10.2 Å². The highest BCUT2D eigenvalue weighted by atomic mass is 16.2. The van der Waals surface area contributed by atoms with E-state index in [2.05, 4.69) is 29.7 Å². The van der Waals surface area contributed by atoms with Gasteiger partial charge in [-0.05, 0) is 32.1 Å². The molecule has 1 saturated heterocycles. The monoisotopic (exact) mass is 369 g/mol. The molecule has 5 rings (SSSR count). The molecular weight excluding hydrogens is 342 g/mol. The molecule has 2 aromatic heterocycles. The topological polar surface area (TPSA) is 81.7 Å². The van der Waals surface area contributed by atoms with E-state index < -0.39 is 0 Å². The fraction of sp³-hybridized carbons (Fsp3) is 0.737. The minimum Gasteiger partial charge on any atom is -0.342 e. The fourth-order valence-electron chi connectivity index (χ4n) is 4.86. The van der Waals surface area contributed by atoms with Crippen LogP contribution in [0.5, 0.6) is 0 Å². The van der Waals surface area contributed by atoms with E-state index in [1.807, 2.05) is 4.68 Å². The molecule has 1 amide bonds. The van der Waals surface area contributed by atoms with Crippen LogP contribution in [-0.2, 0) is 30.7 Å². The van der Waals surface area contributed by atoms with Crippen LogP contribution in [0.15, 0.2) is 6.33 Å². The number of amides is 1. The highest BCUT2D eigenvalue weighted by Gasteiger charge is 2.33. The minimum absolute atomic E-state index is 0.0418. The highest BCUT2D eigenvalue weighted by molar-refractivity contribution is 5.79. The molecule has 0 aromatic carbocycles. The summed E-state index contributed by atoms with van der Waals surface area (Å²) in [5.74, 6) is 4.08. The lowest BCUT2D eigenvalue weighted by Crippen LogP contribution is -2.44. The van der Waals surface area contributed by atoms with Crippen molar-refractivity contribution < 1.29 is 4.79 Å². The number of carbonyl (C=O) groups is 1. The fourth-order valence-corrected chi connectivity index (χ4v) is 4.86. The summed E-state index contributed by atoms with van der Waals surface area (Å²) in [5.41, 5.74) is 0. The van der Waals surface area contributed by atoms with E-state index in [4.69, 9.17) is 0 Å². The van der Waals surface area contributed by atoms with Gasteiger partial charge < -0.3 is 9.47 Å². The Hall–Kier alpha value is -2.25. The molecule has 2 aromatic rings. The molecule has 0 saturated carbocycles. The van der Waals surface area contributed by atoms with E-state index in [9.17, 15) is 4.79 Å². The quantitative estimate of drug-likeness (QED) is 0.802. The molecule has 5 heterocycles. The van der Waals surface area contributed by atoms with Crippen LogP contribution in [-0.4, -0.2) is 53.4 Å². The molecule has 1 fully saturated rings. The summed E-state index contributed by atoms with van der Waals surface area (Å²) in [5, 5.41) is 13.2. The van der Waals surface area contributed by atoms with Crippen molar-refractivity contribution in [1.29, 1.82) is 0 Å². The van der Waals surface area contributed by atoms with Crippen molar-refractivity contribution in [2.75, 3.05) is 13.1 Å². The summed E-state index contributed by atoms with van der Waals surface area (Å²) in [6, 6.07) is 0. The first kappa shape index (κ1) is 16.9. The Labute approximate surface area is 159 Å². The van der Waals surface area contributed by atoms with Gasteiger partial charge in [-0.1, -0.05) is 6.42 Å². The molecule has 0 N–H and O–H groups in total. The van der Waals surface area contributed by atoms with Crippen molar-refractivity contribution in [2.45, 2.75) is 70.4 Å². The van der Waals surface area contributed by atoms with E-state index in [0.29, 0.717) is 12.5 Å². The molecule has 144 valence electrons. The summed E-state index contributed by atoms with van der Waals surface area (Å²) in [6.45, 7) is 3.38. The second kappa shape index (κ2) is 7.05. The maximum Gasteiger partial charge on any atom is 0.227 e. The number of likely N-dealkylation sites (tertiary alicyclic amines) is 1. The first-order valence-electron chi connectivity index (χ1n) is 10.4. The van der Waals surface area contributed by atoms with Gasteiger partial charge in [0.15, 0.2) is 0 Å². The van der Waals surface area contributed by atoms with Crippen molar-refractivity contribution in [3.63, 3.8) is 0 Å². The first-order chi connectivity index (χ1) is 13.3. The van der Waals surface area contributed by atoms with Gasteiger partial charge in [0.25, 0.3) is 0 Å². The predicted octanol–water partition coefficient (Wildman–Crippen LogP) is 1.56. The Bertz CT molecular complexity index is 818. The molecule has 8 nitrogen and oxygen atoms in total. The van der Waals surface area contributed by atoms with Gasteiger partial charge in [0.2, 0.25) is 5.91 Å². The Balaban J connectivity index is 1.22. The summed E-state index contributed by atoms with van der Waals surface area (Å²) in [4.78, 5) is 19.3. The second-order valence-corrected chi connectivity index (χ2v) is 8.13. The smallest absolute Gasteiger partial charge is 0.227 e. The molecule has 0 aliphatic carbocycles. The molecule has 1 atom stereocenters. The van der Waals surface area contributed by atoms with Crippen LogP contribution in [0.1, 0.15) is 61.9 Å². The maximum absolute atomic E-state index is 13.0. The summed E-state index contributed by atoms with van der Waals surface area (Å²) in [6.07, 6.45) is 10.1. The Morgan fingerprint density at radius 3 is 2.74 bits per heavy atom. The van der Waals surface area contributed by atoms with Gasteiger partial charge in [0.1, 0.15) is 23.8 Å². The van der Waals surface area contributed by atoms with Gasteiger partial charge in [0, 0.05) is 38.4 Å². The number of hydrogen-bond donors (Lipinski definition) is 0. The summed E-state index contributed by atoms with van der Waals surface area (Å²) < 4.78 is 4.26. The van der Waals surface area contributed by atoms with Crippen LogP contribution in [0, 0.1) is 5.92 Å². The summed E-state index contributed by atoms with van der Waals surface area (Å²) in [7, 11) is 0. The van der Waals surface area contributed by atoms with Crippen LogP contribution in [0.2, 0.25) is 0 Å². The molecular formula is C19H27N7O. The highest BCUT2D eigenvalue weighted by Crippen LogP contribution is 2.30. The van der Waals surface area contributed by atoms with Gasteiger partial charge in [0.05, 0.1) is 12.5 Å². The van der Waals surface area contributed by atoms with E-state index in [1.54, 1.807) is 6.33 Å². The summed E-state index contributed by atoms with van der Waals surface area (Å²) >= 11 is 0. The number of hydrogen-bond acceptors (Lipinski definition) is 5. The lowest BCUT2D eigenvalue weighted by atomic mass is 9.93. The molecule has 0 bridgehead atoms. The molecule has 3 aliphatic heterocycles. The van der Waals surface area contributed by atoms with Crippen LogP contribution in [0.3, 0.4) is 0 Å². The number of aromatic nitrogens is 6. The molecule has 27 heavy (non-hydrogen) atoms. The molecule has 0 radical (unpaired) electrons. The maximum atomic E-state index is 13.0. The molecule has 1 unspecified atom stereocenters. The van der Waals surface area contributed by atoms with Crippen LogP contribution >= 0.6 is 0 Å². The zero-order valence-corrected chi connectivity index (χ0v) is 15.8. The van der Waals surface area contributed by atoms with E-state index in [0.717, 1.165) is 69.2 Å². The Morgan fingerprint density at radius 1 is 0.963 bits per heavy atom. The predicted molar refractivity (Wildman–Crippen MR) is 98.0 cm³/mol. The van der Waals surface area contributed by atoms with E-state index in [1.165, 1.54) is 19.3 Å². The van der Waals surface area contributed by atoms with Crippen molar-refractivity contribution in [1.82, 2.24) is 34.4 Å². The van der Waals surface area contributed by atoms with E-state index >= 15 is 0 Å². The zero-order chi connectivity index (χ0) is 18.2. The number of rotatable bonds is 2. The van der Waals surface area contributed by atoms with Crippen molar-refractivity contribution in [2.24, 2.45) is 5.92 Å². The largest absolute Gasteiger partial charge is 0.342 e. The normalized spacial score (nSPS) is 23.6. The number of nitrogens with zero attached hydrogens (tertiary/aromatic N) is 7. The third kappa shape index (κ3) is 3.15. The number of piperidine rings is 1. The Morgan fingerprint density at radius 2 is 1.85 bits per heavy atom. The average molecular weight is 369 g/mol. The van der Waals surface area contributed by atoms with Gasteiger partial charge in [-0.3, -0.25) is 4.79 Å². The molecule has 8 heteroatoms. The molecule has 0 spiro atoms. The number of carbonyl (C=O) groups excluding carboxylic acids is 1. The van der Waals surface area contributed by atoms with Gasteiger partial charge in [-0.25, -0.2) is 9.67 Å². The van der Waals surface area contributed by atoms with Crippen LogP contribution < -0.4 is 0 Å². The zero-order valence-electron chi connectivity index (χ0n) is 15.8. The standard InChI is InChI=1S/C19H27N7O/c27-19(15-5-6-16-20-13-21-26(16)12-15)24-10-7-14(8-11-24)18-23-22-17-4-2-1-3-9-25(17)18/h13-15H,1-12H2. The Kier molecular flexibility index (Phi) is 4.41. The van der Waals surface area contributed by atoms with Crippen LogP contribution in [0.4, 0.5) is 0 Å². The van der Waals surface area contributed by atoms with Gasteiger partial charge >= 0.3 is 0 Å². The van der Waals surface area contributed by atoms with Crippen LogP contribution in [0.25, 0.3) is 0 Å². The third-order valence-corrected chi connectivity index (χ3v) is 6.46. The number of fused-ring (bicyclic) bond motifs is 2. The first-order valence-corrected chi connectivity index (χ1v) is 10.4. The lowest BCUT2D eigenvalue weighted by Gasteiger charge is -2.35. The minimum atomic E-state index is 0.0418. The average Bonchev–Trinajstić information content (AvgIpc) is 3.28. The third-order valence-electron chi connectivity index (χ3n) is 6.46. The second-order valence-electron chi connectivity index (χ2n) is 8.13. The van der Waals surface area contributed by atoms with Gasteiger partial charge in [-0.2, -0.15) is 5.10 Å². The number of aryl methyl sites for hydroxylation is 2. The molecule has 3 aliphatic rings. The SMILES string of the molecule is O=C(C1CCc2ncnn2C1)N1CCC(c2nnc3n2CCCCC3)CC1. The van der Waals surface area contributed by atoms with Crippen molar-refractivity contribution in [3.8, 4) is 0 Å². The van der Waals surface area contributed by atoms with E-state index in [-0.39, 0.29) is 11.8 Å². The van der Waals surface area contributed by atoms with Crippen molar-refractivity contribution in [3.05, 3.63) is 23.8 Å². The van der Waals surface area contributed by atoms with Crippen molar-refractivity contribution >= 4 is 5.91 Å². The lowest BCUT2D eigenvalue weighted by molar-refractivity contribution is -0.137.